The van der Waals surface area contributed by atoms with Crippen molar-refractivity contribution in [2.24, 2.45) is 9.98 Å². The van der Waals surface area contributed by atoms with Crippen LogP contribution in [0.3, 0.4) is 0 Å². The lowest BCUT2D eigenvalue weighted by Crippen LogP contribution is -2.38. The van der Waals surface area contributed by atoms with Gasteiger partial charge in [-0.15, -0.1) is 13.2 Å². The number of halogens is 3. The van der Waals surface area contributed by atoms with Gasteiger partial charge < -0.3 is 19.5 Å². The molecular formula is C29H27F3N6O5S. The topological polar surface area (TPSA) is 117 Å². The largest absolute Gasteiger partial charge is 0.573 e. The Kier molecular flexibility index (Phi) is 9.49. The molecule has 44 heavy (non-hydrogen) atoms. The number of nitrogens with one attached hydrogen (secondary N) is 2. The first-order valence-electron chi connectivity index (χ1n) is 13.2. The minimum absolute atomic E-state index is 0.169. The minimum Gasteiger partial charge on any atom is -0.406 e. The summed E-state index contributed by atoms with van der Waals surface area (Å²) in [4.78, 5) is 35.3. The van der Waals surface area contributed by atoms with E-state index in [0.717, 1.165) is 16.7 Å². The smallest absolute Gasteiger partial charge is 0.406 e. The summed E-state index contributed by atoms with van der Waals surface area (Å²) in [5.41, 5.74) is 7.20. The third kappa shape index (κ3) is 7.93. The average molecular weight is 629 g/mol. The highest BCUT2D eigenvalue weighted by molar-refractivity contribution is 8.15. The number of methoxy groups -OCH3 is 1. The molecule has 1 atom stereocenters. The number of carbonyl (C=O) groups excluding carboxylic acids is 2. The lowest BCUT2D eigenvalue weighted by atomic mass is 10.1. The summed E-state index contributed by atoms with van der Waals surface area (Å²) in [5.74, 6) is -0.334. The fourth-order valence-corrected chi connectivity index (χ4v) is 5.14. The van der Waals surface area contributed by atoms with Crippen molar-refractivity contribution in [2.75, 3.05) is 28.1 Å². The van der Waals surface area contributed by atoms with Gasteiger partial charge in [0.05, 0.1) is 30.3 Å². The van der Waals surface area contributed by atoms with Crippen molar-refractivity contribution in [1.29, 1.82) is 0 Å². The number of anilines is 3. The van der Waals surface area contributed by atoms with Gasteiger partial charge in [-0.3, -0.25) is 14.7 Å². The Balaban J connectivity index is 1.13. The number of rotatable bonds is 9. The van der Waals surface area contributed by atoms with Crippen LogP contribution in [0.25, 0.3) is 0 Å². The Morgan fingerprint density at radius 2 is 1.86 bits per heavy atom. The molecule has 3 amide bonds. The zero-order valence-electron chi connectivity index (χ0n) is 23.5. The molecule has 0 aromatic heterocycles. The number of aliphatic imine (C=N–C) groups is 2. The molecule has 1 fully saturated rings. The number of carbonyl (C=O) groups is 2. The van der Waals surface area contributed by atoms with Crippen LogP contribution >= 0.6 is 11.8 Å². The molecule has 5 rings (SSSR count). The zero-order valence-corrected chi connectivity index (χ0v) is 24.3. The molecule has 230 valence electrons. The summed E-state index contributed by atoms with van der Waals surface area (Å²) in [5, 5.41) is 4.51. The predicted molar refractivity (Wildman–Crippen MR) is 161 cm³/mol. The number of benzene rings is 3. The van der Waals surface area contributed by atoms with Crippen LogP contribution in [-0.4, -0.2) is 49.0 Å². The van der Waals surface area contributed by atoms with Crippen molar-refractivity contribution in [3.8, 4) is 5.75 Å². The van der Waals surface area contributed by atoms with E-state index in [-0.39, 0.29) is 29.2 Å². The highest BCUT2D eigenvalue weighted by Gasteiger charge is 2.32. The van der Waals surface area contributed by atoms with E-state index in [1.807, 2.05) is 25.1 Å². The van der Waals surface area contributed by atoms with Crippen LogP contribution in [-0.2, 0) is 27.5 Å². The molecule has 11 nitrogen and oxygen atoms in total. The maximum absolute atomic E-state index is 12.8. The van der Waals surface area contributed by atoms with Crippen molar-refractivity contribution in [3.05, 3.63) is 83.4 Å². The van der Waals surface area contributed by atoms with Crippen LogP contribution in [0.15, 0.2) is 76.7 Å². The summed E-state index contributed by atoms with van der Waals surface area (Å²) in [7, 11) is 1.57. The molecule has 1 unspecified atom stereocenters. The highest BCUT2D eigenvalue weighted by atomic mass is 32.2. The normalized spacial score (nSPS) is 17.5. The summed E-state index contributed by atoms with van der Waals surface area (Å²) in [6, 6.07) is 17.3. The number of urea groups is 1. The molecule has 0 bridgehead atoms. The number of hydrazine groups is 1. The monoisotopic (exact) mass is 628 g/mol. The molecule has 15 heteroatoms. The lowest BCUT2D eigenvalue weighted by Gasteiger charge is -2.20. The maximum atomic E-state index is 12.8. The fourth-order valence-electron chi connectivity index (χ4n) is 4.28. The van der Waals surface area contributed by atoms with Crippen molar-refractivity contribution >= 4 is 52.3 Å². The van der Waals surface area contributed by atoms with Crippen LogP contribution in [0.4, 0.5) is 35.0 Å². The first kappa shape index (κ1) is 31.0. The molecule has 3 aromatic rings. The zero-order chi connectivity index (χ0) is 31.3. The van der Waals surface area contributed by atoms with Crippen molar-refractivity contribution in [1.82, 2.24) is 5.43 Å². The molecule has 3 aromatic carbocycles. The van der Waals surface area contributed by atoms with Crippen LogP contribution in [0.2, 0.25) is 0 Å². The van der Waals surface area contributed by atoms with Crippen molar-refractivity contribution in [2.45, 2.75) is 32.9 Å². The second kappa shape index (κ2) is 13.5. The van der Waals surface area contributed by atoms with Gasteiger partial charge in [0.2, 0.25) is 12.3 Å². The number of amidine groups is 1. The molecule has 0 aliphatic carbocycles. The van der Waals surface area contributed by atoms with Gasteiger partial charge in [0, 0.05) is 18.4 Å². The maximum Gasteiger partial charge on any atom is 0.573 e. The molecule has 2 heterocycles. The quantitative estimate of drug-likeness (QED) is 0.317. The number of alkyl halides is 3. The lowest BCUT2D eigenvalue weighted by molar-refractivity contribution is -0.274. The van der Waals surface area contributed by atoms with Crippen molar-refractivity contribution in [3.63, 3.8) is 0 Å². The van der Waals surface area contributed by atoms with Gasteiger partial charge in [0.1, 0.15) is 12.1 Å². The van der Waals surface area contributed by atoms with Gasteiger partial charge >= 0.3 is 12.4 Å². The number of nitrogens with zero attached hydrogens (tertiary/aromatic N) is 4. The summed E-state index contributed by atoms with van der Waals surface area (Å²) < 4.78 is 52.0. The molecule has 2 aliphatic heterocycles. The molecule has 0 saturated carbocycles. The van der Waals surface area contributed by atoms with Gasteiger partial charge in [0.25, 0.3) is 0 Å². The van der Waals surface area contributed by atoms with Gasteiger partial charge in [-0.25, -0.2) is 9.79 Å². The second-order valence-corrected chi connectivity index (χ2v) is 10.5. The molecule has 0 radical (unpaired) electrons. The number of thioether (sulfide) groups is 1. The van der Waals surface area contributed by atoms with E-state index < -0.39 is 18.7 Å². The molecule has 2 N–H and O–H groups in total. The van der Waals surface area contributed by atoms with Crippen molar-refractivity contribution < 1.29 is 37.0 Å². The Morgan fingerprint density at radius 3 is 2.57 bits per heavy atom. The van der Waals surface area contributed by atoms with Gasteiger partial charge in [0.15, 0.2) is 5.17 Å². The Morgan fingerprint density at radius 1 is 1.11 bits per heavy atom. The number of hydrogen-bond acceptors (Lipinski definition) is 9. The third-order valence-electron chi connectivity index (χ3n) is 6.27. The third-order valence-corrected chi connectivity index (χ3v) is 7.20. The van der Waals surface area contributed by atoms with Crippen LogP contribution in [0.1, 0.15) is 16.7 Å². The standard InChI is InChI=1S/C29H27F3N6O5S/c1-18-3-6-20(15-41-2)24(13-18)38-25(39)16-44-28(38)35-26(40)34-21-7-4-19(5-8-21)14-42-27-33-17-37(36-27)22-9-11-23(12-10-22)43-29(30,31)32/h3-13,17,27,36H,14-16H2,1-2H3,(H,34,40). The first-order valence-corrected chi connectivity index (χ1v) is 14.2. The number of ether oxygens (including phenoxy) is 3. The van der Waals surface area contributed by atoms with Crippen LogP contribution in [0, 0.1) is 6.92 Å². The Bertz CT molecular complexity index is 1570. The minimum atomic E-state index is -4.76. The van der Waals surface area contributed by atoms with Crippen LogP contribution < -0.4 is 25.4 Å². The van der Waals surface area contributed by atoms with Crippen LogP contribution in [0.5, 0.6) is 5.75 Å². The fraction of sp³-hybridized carbons (Fsp3) is 0.241. The summed E-state index contributed by atoms with van der Waals surface area (Å²) in [6.45, 7) is 2.41. The van der Waals surface area contributed by atoms with E-state index in [1.165, 1.54) is 52.3 Å². The average Bonchev–Trinajstić information content (AvgIpc) is 3.60. The molecule has 2 aliphatic rings. The first-order chi connectivity index (χ1) is 21.1. The van der Waals surface area contributed by atoms with Gasteiger partial charge in [-0.1, -0.05) is 36.0 Å². The van der Waals surface area contributed by atoms with E-state index >= 15 is 0 Å². The molecule has 0 spiro atoms. The number of aryl methyl sites for hydroxylation is 1. The second-order valence-electron chi connectivity index (χ2n) is 9.57. The highest BCUT2D eigenvalue weighted by Crippen LogP contribution is 2.31. The molecular weight excluding hydrogens is 601 g/mol. The Hall–Kier alpha value is -4.44. The molecule has 1 saturated heterocycles. The number of hydrogen-bond donors (Lipinski definition) is 2. The summed E-state index contributed by atoms with van der Waals surface area (Å²) >= 11 is 1.19. The summed E-state index contributed by atoms with van der Waals surface area (Å²) in [6.07, 6.45) is -4.02. The van der Waals surface area contributed by atoms with Gasteiger partial charge in [-0.05, 0) is 60.5 Å². The van der Waals surface area contributed by atoms with E-state index in [2.05, 4.69) is 25.5 Å². The SMILES string of the molecule is COCc1ccc(C)cc1N1C(=O)CSC1=NC(=O)Nc1ccc(COC2N=CN(c3ccc(OC(F)(F)F)cc3)N2)cc1. The van der Waals surface area contributed by atoms with E-state index in [1.54, 1.807) is 31.4 Å². The predicted octanol–water partition coefficient (Wildman–Crippen LogP) is 5.56. The van der Waals surface area contributed by atoms with E-state index in [4.69, 9.17) is 9.47 Å². The van der Waals surface area contributed by atoms with E-state index in [0.29, 0.717) is 23.7 Å². The Labute approximate surface area is 254 Å². The van der Waals surface area contributed by atoms with E-state index in [9.17, 15) is 22.8 Å². The van der Waals surface area contributed by atoms with Gasteiger partial charge in [-0.2, -0.15) is 10.4 Å². The number of amides is 3.